The molecule has 100 valence electrons. The highest BCUT2D eigenvalue weighted by atomic mass is 32.2. The van der Waals surface area contributed by atoms with Gasteiger partial charge in [0.05, 0.1) is 19.8 Å². The first-order valence-electron chi connectivity index (χ1n) is 6.10. The zero-order chi connectivity index (χ0) is 13.1. The summed E-state index contributed by atoms with van der Waals surface area (Å²) in [5, 5.41) is 18.4. The quantitative estimate of drug-likeness (QED) is 0.836. The van der Waals surface area contributed by atoms with Crippen LogP contribution in [0.3, 0.4) is 0 Å². The highest BCUT2D eigenvalue weighted by Crippen LogP contribution is 2.33. The van der Waals surface area contributed by atoms with Crippen LogP contribution in [-0.2, 0) is 4.74 Å². The second kappa shape index (κ2) is 5.32. The van der Waals surface area contributed by atoms with E-state index in [-0.39, 0.29) is 12.0 Å². The number of hydrogen-bond acceptors (Lipinski definition) is 5. The molecule has 1 N–H and O–H groups in total. The predicted octanol–water partition coefficient (Wildman–Crippen LogP) is 1.37. The van der Waals surface area contributed by atoms with Crippen molar-refractivity contribution in [3.8, 4) is 5.69 Å². The van der Waals surface area contributed by atoms with Gasteiger partial charge in [0.2, 0.25) is 0 Å². The summed E-state index contributed by atoms with van der Waals surface area (Å²) in [5.74, 6) is 0.787. The van der Waals surface area contributed by atoms with Crippen molar-refractivity contribution in [2.24, 2.45) is 5.41 Å². The molecule has 0 unspecified atom stereocenters. The van der Waals surface area contributed by atoms with Crippen LogP contribution in [0.1, 0.15) is 0 Å². The van der Waals surface area contributed by atoms with E-state index in [9.17, 15) is 5.11 Å². The van der Waals surface area contributed by atoms with Crippen LogP contribution in [0.5, 0.6) is 0 Å². The zero-order valence-electron chi connectivity index (χ0n) is 10.4. The molecule has 0 saturated carbocycles. The first-order valence-corrected chi connectivity index (χ1v) is 7.08. The van der Waals surface area contributed by atoms with Gasteiger partial charge in [-0.15, -0.1) is 10.2 Å². The van der Waals surface area contributed by atoms with Crippen LogP contribution in [0.25, 0.3) is 5.69 Å². The molecule has 1 aliphatic heterocycles. The van der Waals surface area contributed by atoms with Crippen molar-refractivity contribution in [3.05, 3.63) is 36.7 Å². The third-order valence-corrected chi connectivity index (χ3v) is 4.50. The van der Waals surface area contributed by atoms with Crippen LogP contribution in [0.15, 0.2) is 41.8 Å². The molecule has 0 spiro atoms. The molecular formula is C13H15N3O2S. The Kier molecular flexibility index (Phi) is 3.54. The minimum atomic E-state index is -0.113. The summed E-state index contributed by atoms with van der Waals surface area (Å²) in [6, 6.07) is 9.98. The predicted molar refractivity (Wildman–Crippen MR) is 72.4 cm³/mol. The lowest BCUT2D eigenvalue weighted by Gasteiger charge is -2.39. The summed E-state index contributed by atoms with van der Waals surface area (Å²) in [5.41, 5.74) is 0.927. The van der Waals surface area contributed by atoms with E-state index < -0.39 is 0 Å². The van der Waals surface area contributed by atoms with E-state index in [2.05, 4.69) is 10.2 Å². The van der Waals surface area contributed by atoms with E-state index in [4.69, 9.17) is 4.74 Å². The monoisotopic (exact) mass is 277 g/mol. The zero-order valence-corrected chi connectivity index (χ0v) is 11.2. The average Bonchev–Trinajstić information content (AvgIpc) is 2.87. The molecule has 1 aromatic heterocycles. The SMILES string of the molecule is OCC1(CSc2nncn2-c2ccccc2)COC1. The number of ether oxygens (including phenoxy) is 1. The maximum atomic E-state index is 9.42. The normalized spacial score (nSPS) is 17.1. The second-order valence-corrected chi connectivity index (χ2v) is 5.70. The van der Waals surface area contributed by atoms with E-state index in [1.807, 2.05) is 34.9 Å². The molecule has 1 aliphatic rings. The number of aliphatic hydroxyl groups is 1. The van der Waals surface area contributed by atoms with Gasteiger partial charge >= 0.3 is 0 Å². The smallest absolute Gasteiger partial charge is 0.195 e. The minimum absolute atomic E-state index is 0.113. The number of hydrogen-bond donors (Lipinski definition) is 1. The molecule has 2 aromatic rings. The molecule has 1 fully saturated rings. The first-order chi connectivity index (χ1) is 9.33. The molecule has 19 heavy (non-hydrogen) atoms. The molecule has 3 rings (SSSR count). The van der Waals surface area contributed by atoms with Gasteiger partial charge in [0.1, 0.15) is 6.33 Å². The van der Waals surface area contributed by atoms with Gasteiger partial charge in [0.15, 0.2) is 5.16 Å². The number of para-hydroxylation sites is 1. The summed E-state index contributed by atoms with van der Waals surface area (Å²) in [4.78, 5) is 0. The highest BCUT2D eigenvalue weighted by molar-refractivity contribution is 7.99. The molecule has 0 amide bonds. The van der Waals surface area contributed by atoms with E-state index in [1.165, 1.54) is 0 Å². The van der Waals surface area contributed by atoms with E-state index >= 15 is 0 Å². The van der Waals surface area contributed by atoms with Gasteiger partial charge in [-0.2, -0.15) is 0 Å². The lowest BCUT2D eigenvalue weighted by Crippen LogP contribution is -2.47. The molecule has 0 aliphatic carbocycles. The molecule has 2 heterocycles. The van der Waals surface area contributed by atoms with Gasteiger partial charge in [-0.05, 0) is 12.1 Å². The summed E-state index contributed by atoms with van der Waals surface area (Å²) < 4.78 is 7.15. The molecule has 5 nitrogen and oxygen atoms in total. The van der Waals surface area contributed by atoms with Gasteiger partial charge in [0.25, 0.3) is 0 Å². The van der Waals surface area contributed by atoms with Gasteiger partial charge in [-0.1, -0.05) is 30.0 Å². The third-order valence-electron chi connectivity index (χ3n) is 3.21. The van der Waals surface area contributed by atoms with E-state index in [0.29, 0.717) is 13.2 Å². The van der Waals surface area contributed by atoms with Crippen molar-refractivity contribution in [2.75, 3.05) is 25.6 Å². The van der Waals surface area contributed by atoms with Crippen LogP contribution in [-0.4, -0.2) is 45.4 Å². The Balaban J connectivity index is 1.74. The molecule has 1 saturated heterocycles. The summed E-state index contributed by atoms with van der Waals surface area (Å²) in [6.45, 7) is 1.39. The fourth-order valence-electron chi connectivity index (χ4n) is 1.92. The van der Waals surface area contributed by atoms with Crippen LogP contribution in [0, 0.1) is 5.41 Å². The van der Waals surface area contributed by atoms with Crippen molar-refractivity contribution in [3.63, 3.8) is 0 Å². The van der Waals surface area contributed by atoms with Crippen molar-refractivity contribution in [1.82, 2.24) is 14.8 Å². The lowest BCUT2D eigenvalue weighted by molar-refractivity contribution is -0.121. The number of aliphatic hydroxyl groups excluding tert-OH is 1. The Labute approximate surface area is 115 Å². The largest absolute Gasteiger partial charge is 0.396 e. The molecule has 0 bridgehead atoms. The van der Waals surface area contributed by atoms with Crippen LogP contribution < -0.4 is 0 Å². The molecule has 1 aromatic carbocycles. The Morgan fingerprint density at radius 3 is 2.74 bits per heavy atom. The minimum Gasteiger partial charge on any atom is -0.396 e. The Hall–Kier alpha value is -1.37. The number of nitrogens with zero attached hydrogens (tertiary/aromatic N) is 3. The lowest BCUT2D eigenvalue weighted by atomic mass is 9.90. The fourth-order valence-corrected chi connectivity index (χ4v) is 3.01. The van der Waals surface area contributed by atoms with Gasteiger partial charge in [0, 0.05) is 16.9 Å². The van der Waals surface area contributed by atoms with E-state index in [0.717, 1.165) is 16.6 Å². The summed E-state index contributed by atoms with van der Waals surface area (Å²) in [7, 11) is 0. The summed E-state index contributed by atoms with van der Waals surface area (Å²) >= 11 is 1.61. The van der Waals surface area contributed by atoms with Gasteiger partial charge < -0.3 is 9.84 Å². The van der Waals surface area contributed by atoms with Crippen molar-refractivity contribution >= 4 is 11.8 Å². The number of benzene rings is 1. The van der Waals surface area contributed by atoms with Crippen LogP contribution in [0.2, 0.25) is 0 Å². The van der Waals surface area contributed by atoms with Crippen LogP contribution in [0.4, 0.5) is 0 Å². The topological polar surface area (TPSA) is 60.2 Å². The van der Waals surface area contributed by atoms with Gasteiger partial charge in [-0.25, -0.2) is 0 Å². The Morgan fingerprint density at radius 2 is 2.11 bits per heavy atom. The maximum Gasteiger partial charge on any atom is 0.195 e. The molecule has 0 radical (unpaired) electrons. The van der Waals surface area contributed by atoms with Crippen molar-refractivity contribution in [1.29, 1.82) is 0 Å². The molecule has 0 atom stereocenters. The first kappa shape index (κ1) is 12.7. The van der Waals surface area contributed by atoms with Gasteiger partial charge in [-0.3, -0.25) is 4.57 Å². The number of thioether (sulfide) groups is 1. The van der Waals surface area contributed by atoms with Crippen LogP contribution >= 0.6 is 11.8 Å². The average molecular weight is 277 g/mol. The maximum absolute atomic E-state index is 9.42. The highest BCUT2D eigenvalue weighted by Gasteiger charge is 2.38. The van der Waals surface area contributed by atoms with E-state index in [1.54, 1.807) is 18.1 Å². The Bertz CT molecular complexity index is 534. The molecular weight excluding hydrogens is 262 g/mol. The fraction of sp³-hybridized carbons (Fsp3) is 0.385. The van der Waals surface area contributed by atoms with Crippen molar-refractivity contribution in [2.45, 2.75) is 5.16 Å². The third kappa shape index (κ3) is 2.51. The standard InChI is InChI=1S/C13H15N3O2S/c17-6-13(7-18-8-13)9-19-12-15-14-10-16(12)11-4-2-1-3-5-11/h1-5,10,17H,6-9H2. The Morgan fingerprint density at radius 1 is 1.32 bits per heavy atom. The molecule has 6 heteroatoms. The van der Waals surface area contributed by atoms with Crippen molar-refractivity contribution < 1.29 is 9.84 Å². The number of rotatable bonds is 5. The second-order valence-electron chi connectivity index (χ2n) is 4.76. The number of aromatic nitrogens is 3. The summed E-state index contributed by atoms with van der Waals surface area (Å²) in [6.07, 6.45) is 1.71.